The molecule has 4 atom stereocenters. The minimum absolute atomic E-state index is 0.00176. The number of hydrogen-bond acceptors (Lipinski definition) is 14. The summed E-state index contributed by atoms with van der Waals surface area (Å²) >= 11 is 0. The molecule has 19 nitrogen and oxygen atoms in total. The summed E-state index contributed by atoms with van der Waals surface area (Å²) < 4.78 is 12.2. The van der Waals surface area contributed by atoms with Gasteiger partial charge in [-0.3, -0.25) is 24.0 Å². The maximum atomic E-state index is 14.8. The van der Waals surface area contributed by atoms with Crippen LogP contribution in [0.25, 0.3) is 22.5 Å². The van der Waals surface area contributed by atoms with E-state index >= 15 is 0 Å². The molecule has 0 aliphatic carbocycles. The largest absolute Gasteiger partial charge is 0.492 e. The Morgan fingerprint density at radius 1 is 0.868 bits per heavy atom. The van der Waals surface area contributed by atoms with Crippen molar-refractivity contribution >= 4 is 35.2 Å². The molecule has 10 N–H and O–H groups in total. The molecular formula is C49H62N12O7. The number of carbonyl (C=O) groups is 5. The number of fused-ring (bicyclic) bond motifs is 5. The summed E-state index contributed by atoms with van der Waals surface area (Å²) in [6.07, 6.45) is 3.57. The van der Waals surface area contributed by atoms with Crippen LogP contribution in [-0.4, -0.2) is 122 Å². The second-order valence-electron chi connectivity index (χ2n) is 16.9. The lowest BCUT2D eigenvalue weighted by Gasteiger charge is -2.32. The number of anilines is 1. The number of ether oxygens (including phenoxy) is 2. The van der Waals surface area contributed by atoms with Gasteiger partial charge in [-0.1, -0.05) is 12.1 Å². The van der Waals surface area contributed by atoms with Crippen LogP contribution in [0.4, 0.5) is 5.69 Å². The van der Waals surface area contributed by atoms with E-state index in [9.17, 15) is 29.2 Å². The number of nitrogens with one attached hydrogen (secondary N) is 4. The maximum absolute atomic E-state index is 14.8. The van der Waals surface area contributed by atoms with Crippen LogP contribution in [-0.2, 0) is 25.6 Å². The highest BCUT2D eigenvalue weighted by Crippen LogP contribution is 2.40. The summed E-state index contributed by atoms with van der Waals surface area (Å²) in [7, 11) is 1.42. The number of nitriles is 1. The van der Waals surface area contributed by atoms with E-state index in [4.69, 9.17) is 36.6 Å². The summed E-state index contributed by atoms with van der Waals surface area (Å²) in [6.45, 7) is 7.26. The molecule has 3 heterocycles. The van der Waals surface area contributed by atoms with Gasteiger partial charge in [0.25, 0.3) is 5.91 Å². The van der Waals surface area contributed by atoms with Gasteiger partial charge in [0.2, 0.25) is 23.6 Å². The molecule has 1 fully saturated rings. The van der Waals surface area contributed by atoms with E-state index in [0.717, 1.165) is 37.2 Å². The van der Waals surface area contributed by atoms with Gasteiger partial charge in [0.1, 0.15) is 55.4 Å². The van der Waals surface area contributed by atoms with Gasteiger partial charge in [-0.2, -0.15) is 5.26 Å². The van der Waals surface area contributed by atoms with E-state index in [-0.39, 0.29) is 57.8 Å². The number of carbonyl (C=O) groups excluding carboxylic acids is 5. The zero-order valence-corrected chi connectivity index (χ0v) is 39.1. The Morgan fingerprint density at radius 3 is 2.12 bits per heavy atom. The van der Waals surface area contributed by atoms with Crippen LogP contribution >= 0.6 is 0 Å². The molecule has 3 aromatic carbocycles. The third-order valence-corrected chi connectivity index (χ3v) is 12.0. The normalized spacial score (nSPS) is 17.6. The Kier molecular flexibility index (Phi) is 17.4. The lowest BCUT2D eigenvalue weighted by Crippen LogP contribution is -2.56. The maximum Gasteiger partial charge on any atom is 0.255 e. The van der Waals surface area contributed by atoms with E-state index in [1.807, 2.05) is 18.2 Å². The van der Waals surface area contributed by atoms with Gasteiger partial charge in [0.05, 0.1) is 23.0 Å². The molecule has 2 aliphatic rings. The molecule has 0 saturated carbocycles. The second kappa shape index (κ2) is 23.5. The molecule has 6 rings (SSSR count). The predicted molar refractivity (Wildman–Crippen MR) is 256 cm³/mol. The lowest BCUT2D eigenvalue weighted by molar-refractivity contribution is -0.141. The van der Waals surface area contributed by atoms with E-state index < -0.39 is 53.7 Å². The summed E-state index contributed by atoms with van der Waals surface area (Å²) in [4.78, 5) is 83.6. The van der Waals surface area contributed by atoms with Crippen molar-refractivity contribution in [3.8, 4) is 40.1 Å². The van der Waals surface area contributed by atoms with Gasteiger partial charge in [0.15, 0.2) is 5.82 Å². The number of hydrogen-bond donors (Lipinski definition) is 7. The van der Waals surface area contributed by atoms with Crippen molar-refractivity contribution in [3.63, 3.8) is 0 Å². The van der Waals surface area contributed by atoms with Crippen LogP contribution in [0.5, 0.6) is 11.5 Å². The summed E-state index contributed by atoms with van der Waals surface area (Å²) in [5, 5.41) is 20.0. The van der Waals surface area contributed by atoms with Gasteiger partial charge < -0.3 is 57.7 Å². The van der Waals surface area contributed by atoms with E-state index in [0.29, 0.717) is 51.0 Å². The number of amides is 5. The van der Waals surface area contributed by atoms with Crippen molar-refractivity contribution in [2.24, 2.45) is 17.2 Å². The van der Waals surface area contributed by atoms with E-state index in [2.05, 4.69) is 38.3 Å². The first kappa shape index (κ1) is 50.3. The summed E-state index contributed by atoms with van der Waals surface area (Å²) in [5.41, 5.74) is 22.6. The van der Waals surface area contributed by atoms with Gasteiger partial charge in [0, 0.05) is 62.0 Å². The predicted octanol–water partition coefficient (Wildman–Crippen LogP) is 1.93. The van der Waals surface area contributed by atoms with Gasteiger partial charge >= 0.3 is 0 Å². The molecule has 19 heteroatoms. The highest BCUT2D eigenvalue weighted by atomic mass is 16.5. The molecule has 5 amide bonds. The molecule has 0 radical (unpaired) electrons. The number of aryl methyl sites for hydroxylation is 2. The average Bonchev–Trinajstić information content (AvgIpc) is 3.33. The number of nitrogens with zero attached hydrogens (tertiary/aromatic N) is 5. The van der Waals surface area contributed by atoms with Crippen molar-refractivity contribution in [3.05, 3.63) is 88.7 Å². The molecule has 4 bridgehead atoms. The number of nitrogens with two attached hydrogens (primary N) is 3. The molecule has 2 aliphatic heterocycles. The molecule has 4 aromatic rings. The first-order valence-electron chi connectivity index (χ1n) is 22.9. The first-order chi connectivity index (χ1) is 32.8. The SMILES string of the molecule is Cc1nc(-c2ccc(N3CCCCC3)cc2)nc(C)c1C(=O)N[C@@H](CCN)C(=O)N(C)[C@@H]1C(=O)N[C@@H](C)C(=O)N[C@H](C(=O)NCC#N)Cc2ccc(OCCN)c(c2)-c2cc1ccc2OCCN. The molecule has 1 aromatic heterocycles. The summed E-state index contributed by atoms with van der Waals surface area (Å²) in [5.74, 6) is -2.09. The van der Waals surface area contributed by atoms with Crippen LogP contribution < -0.4 is 52.8 Å². The van der Waals surface area contributed by atoms with Gasteiger partial charge in [-0.15, -0.1) is 0 Å². The molecule has 1 saturated heterocycles. The van der Waals surface area contributed by atoms with Crippen LogP contribution in [0.15, 0.2) is 60.7 Å². The number of benzene rings is 3. The summed E-state index contributed by atoms with van der Waals surface area (Å²) in [6, 6.07) is 15.1. The number of rotatable bonds is 16. The van der Waals surface area contributed by atoms with Crippen molar-refractivity contribution in [1.29, 1.82) is 5.26 Å². The third kappa shape index (κ3) is 12.1. The Hall–Kier alpha value is -7.14. The highest BCUT2D eigenvalue weighted by Gasteiger charge is 2.36. The van der Waals surface area contributed by atoms with E-state index in [1.54, 1.807) is 50.2 Å². The average molecular weight is 931 g/mol. The monoisotopic (exact) mass is 930 g/mol. The molecule has 0 unspecified atom stereocenters. The molecule has 0 spiro atoms. The fourth-order valence-corrected chi connectivity index (χ4v) is 8.51. The number of aromatic nitrogens is 2. The molecule has 68 heavy (non-hydrogen) atoms. The zero-order chi connectivity index (χ0) is 48.9. The van der Waals surface area contributed by atoms with E-state index in [1.165, 1.54) is 25.3 Å². The smallest absolute Gasteiger partial charge is 0.255 e. The van der Waals surface area contributed by atoms with Crippen LogP contribution in [0.2, 0.25) is 0 Å². The Labute approximate surface area is 396 Å². The Morgan fingerprint density at radius 2 is 1.50 bits per heavy atom. The number of piperidine rings is 1. The zero-order valence-electron chi connectivity index (χ0n) is 39.1. The van der Waals surface area contributed by atoms with Crippen LogP contribution in [0, 0.1) is 25.2 Å². The van der Waals surface area contributed by atoms with Crippen molar-refractivity contribution in [2.45, 2.75) is 77.0 Å². The third-order valence-electron chi connectivity index (χ3n) is 12.0. The number of likely N-dealkylation sites (N-methyl/N-ethyl adjacent to an activating group) is 1. The quantitative estimate of drug-likeness (QED) is 0.0791. The molecular weight excluding hydrogens is 869 g/mol. The topological polar surface area (TPSA) is 286 Å². The highest BCUT2D eigenvalue weighted by molar-refractivity contribution is 6.00. The standard InChI is InChI=1S/C49H62N12O7/c1-29-42(30(2)56-44(55-29)33-9-12-35(13-10-33)61-22-6-5-7-23-61)47(64)58-38(16-17-50)49(66)60(4)43-34-11-15-41(68-25-20-53)37(28-34)36-26-32(8-14-40(36)67-24-19-52)27-39(46(63)54-21-18-51)59-45(62)31(3)57-48(43)65/h8-15,26,28,31,38-39,43H,5-7,16-17,19-25,27,50,52-53H2,1-4H3,(H,54,63)(H,57,65)(H,58,64)(H,59,62)/t31-,38-,39-,43-/m0/s1. The molecule has 360 valence electrons. The van der Waals surface area contributed by atoms with Gasteiger partial charge in [-0.05, 0) is 113 Å². The lowest BCUT2D eigenvalue weighted by atomic mass is 9.93. The van der Waals surface area contributed by atoms with Crippen LogP contribution in [0.1, 0.15) is 71.5 Å². The van der Waals surface area contributed by atoms with Crippen molar-refractivity contribution in [2.75, 3.05) is 64.4 Å². The van der Waals surface area contributed by atoms with Crippen molar-refractivity contribution in [1.82, 2.24) is 36.1 Å². The first-order valence-corrected chi connectivity index (χ1v) is 22.9. The van der Waals surface area contributed by atoms with Crippen LogP contribution in [0.3, 0.4) is 0 Å². The minimum atomic E-state index is -1.40. The fraction of sp³-hybridized carbons (Fsp3) is 0.429. The fourth-order valence-electron chi connectivity index (χ4n) is 8.51. The Bertz CT molecular complexity index is 2480. The van der Waals surface area contributed by atoms with Crippen molar-refractivity contribution < 1.29 is 33.4 Å². The second-order valence-corrected chi connectivity index (χ2v) is 16.9. The minimum Gasteiger partial charge on any atom is -0.492 e. The van der Waals surface area contributed by atoms with Gasteiger partial charge in [-0.25, -0.2) is 9.97 Å². The Balaban J connectivity index is 1.36.